The summed E-state index contributed by atoms with van der Waals surface area (Å²) in [6.07, 6.45) is 63.3. The fraction of sp³-hybridized carbons (Fsp3) is 0.824. The van der Waals surface area contributed by atoms with Crippen LogP contribution in [0.1, 0.15) is 245 Å². The highest BCUT2D eigenvalue weighted by Crippen LogP contribution is 2.14. The van der Waals surface area contributed by atoms with E-state index in [2.05, 4.69) is 62.5 Å². The zero-order valence-electron chi connectivity index (χ0n) is 36.9. The van der Waals surface area contributed by atoms with E-state index in [0.29, 0.717) is 19.6 Å². The summed E-state index contributed by atoms with van der Waals surface area (Å²) in [6, 6.07) is 0. The van der Waals surface area contributed by atoms with Gasteiger partial charge in [-0.15, -0.1) is 0 Å². The van der Waals surface area contributed by atoms with Gasteiger partial charge in [0.2, 0.25) is 0 Å². The maximum Gasteiger partial charge on any atom is 0.306 e. The lowest BCUT2D eigenvalue weighted by atomic mass is 10.1. The quantitative estimate of drug-likeness (QED) is 0.0381. The van der Waals surface area contributed by atoms with Gasteiger partial charge in [0.05, 0.1) is 13.2 Å². The summed E-state index contributed by atoms with van der Waals surface area (Å²) < 4.78 is 11.2. The van der Waals surface area contributed by atoms with Gasteiger partial charge in [-0.05, 0) is 77.0 Å². The van der Waals surface area contributed by atoms with Gasteiger partial charge in [-0.2, -0.15) is 0 Å². The number of aliphatic hydroxyl groups is 1. The molecular weight excluding hydrogens is 677 g/mol. The van der Waals surface area contributed by atoms with Gasteiger partial charge in [0.1, 0.15) is 6.10 Å². The summed E-state index contributed by atoms with van der Waals surface area (Å²) in [4.78, 5) is 12.2. The van der Waals surface area contributed by atoms with Crippen molar-refractivity contribution in [2.24, 2.45) is 0 Å². The van der Waals surface area contributed by atoms with Crippen LogP contribution in [0.2, 0.25) is 0 Å². The van der Waals surface area contributed by atoms with Gasteiger partial charge in [-0.25, -0.2) is 0 Å². The second-order valence-electron chi connectivity index (χ2n) is 16.2. The molecule has 0 rings (SSSR count). The molecule has 4 heteroatoms. The van der Waals surface area contributed by atoms with Gasteiger partial charge in [0.15, 0.2) is 0 Å². The summed E-state index contributed by atoms with van der Waals surface area (Å²) in [5, 5.41) is 9.63. The molecule has 0 saturated carbocycles. The number of carbonyl (C=O) groups is 1. The molecule has 55 heavy (non-hydrogen) atoms. The predicted molar refractivity (Wildman–Crippen MR) is 242 cm³/mol. The largest absolute Gasteiger partial charge is 0.457 e. The SMILES string of the molecule is CCCCCCC/C=C\C/C=C\C/C=C\CCCCCCCCC(=O)OC(CO)COCCCCCCCCCCCC/C=C\CCCCCCCCCC. The molecule has 0 amide bonds. The Morgan fingerprint density at radius 2 is 0.764 bits per heavy atom. The van der Waals surface area contributed by atoms with E-state index in [0.717, 1.165) is 44.9 Å². The van der Waals surface area contributed by atoms with Gasteiger partial charge in [0.25, 0.3) is 0 Å². The van der Waals surface area contributed by atoms with Gasteiger partial charge in [-0.3, -0.25) is 4.79 Å². The molecule has 4 nitrogen and oxygen atoms in total. The highest BCUT2D eigenvalue weighted by Gasteiger charge is 2.13. The molecule has 0 aromatic rings. The van der Waals surface area contributed by atoms with E-state index >= 15 is 0 Å². The third-order valence-electron chi connectivity index (χ3n) is 10.6. The number of rotatable bonds is 45. The molecule has 1 N–H and O–H groups in total. The lowest BCUT2D eigenvalue weighted by Gasteiger charge is -2.15. The minimum Gasteiger partial charge on any atom is -0.457 e. The van der Waals surface area contributed by atoms with Crippen molar-refractivity contribution in [2.45, 2.75) is 251 Å². The number of unbranched alkanes of at least 4 members (excludes halogenated alkanes) is 29. The summed E-state index contributed by atoms with van der Waals surface area (Å²) >= 11 is 0. The molecule has 0 radical (unpaired) electrons. The fourth-order valence-electron chi connectivity index (χ4n) is 6.98. The number of hydrogen-bond acceptors (Lipinski definition) is 4. The van der Waals surface area contributed by atoms with Gasteiger partial charge < -0.3 is 14.6 Å². The first-order valence-corrected chi connectivity index (χ1v) is 24.2. The van der Waals surface area contributed by atoms with E-state index in [4.69, 9.17) is 9.47 Å². The van der Waals surface area contributed by atoms with Gasteiger partial charge >= 0.3 is 5.97 Å². The lowest BCUT2D eigenvalue weighted by molar-refractivity contribution is -0.154. The van der Waals surface area contributed by atoms with Crippen LogP contribution in [0, 0.1) is 0 Å². The number of aliphatic hydroxyl groups excluding tert-OH is 1. The van der Waals surface area contributed by atoms with Crippen LogP contribution in [0.15, 0.2) is 48.6 Å². The molecule has 1 atom stereocenters. The normalized spacial score (nSPS) is 12.7. The number of esters is 1. The molecule has 0 spiro atoms. The minimum atomic E-state index is -0.543. The van der Waals surface area contributed by atoms with E-state index in [-0.39, 0.29) is 12.6 Å². The Morgan fingerprint density at radius 1 is 0.436 bits per heavy atom. The molecule has 0 aliphatic carbocycles. The van der Waals surface area contributed by atoms with E-state index in [1.807, 2.05) is 0 Å². The Morgan fingerprint density at radius 3 is 1.16 bits per heavy atom. The average Bonchev–Trinajstić information content (AvgIpc) is 3.19. The average molecular weight is 771 g/mol. The maximum atomic E-state index is 12.2. The van der Waals surface area contributed by atoms with Crippen molar-refractivity contribution >= 4 is 5.97 Å². The van der Waals surface area contributed by atoms with Crippen LogP contribution < -0.4 is 0 Å². The summed E-state index contributed by atoms with van der Waals surface area (Å²) in [7, 11) is 0. The molecular formula is C51H94O4. The first kappa shape index (κ1) is 53.4. The molecule has 0 bridgehead atoms. The second kappa shape index (κ2) is 48.5. The monoisotopic (exact) mass is 771 g/mol. The van der Waals surface area contributed by atoms with Crippen LogP contribution in [0.5, 0.6) is 0 Å². The molecule has 322 valence electrons. The van der Waals surface area contributed by atoms with Crippen molar-refractivity contribution in [2.75, 3.05) is 19.8 Å². The molecule has 0 fully saturated rings. The molecule has 0 aliphatic heterocycles. The summed E-state index contributed by atoms with van der Waals surface area (Å²) in [5.74, 6) is -0.211. The van der Waals surface area contributed by atoms with Crippen LogP contribution >= 0.6 is 0 Å². The maximum absolute atomic E-state index is 12.2. The van der Waals surface area contributed by atoms with Crippen molar-refractivity contribution < 1.29 is 19.4 Å². The Kier molecular flexibility index (Phi) is 47.0. The zero-order chi connectivity index (χ0) is 39.8. The first-order valence-electron chi connectivity index (χ1n) is 24.2. The van der Waals surface area contributed by atoms with Crippen molar-refractivity contribution in [1.82, 2.24) is 0 Å². The van der Waals surface area contributed by atoms with Crippen LogP contribution in [0.3, 0.4) is 0 Å². The summed E-state index contributed by atoms with van der Waals surface area (Å²) in [6.45, 7) is 5.34. The number of hydrogen-bond donors (Lipinski definition) is 1. The number of allylic oxidation sites excluding steroid dienone is 8. The third kappa shape index (κ3) is 46.6. The van der Waals surface area contributed by atoms with Crippen LogP contribution in [-0.2, 0) is 14.3 Å². The molecule has 0 aromatic heterocycles. The minimum absolute atomic E-state index is 0.177. The number of ether oxygens (including phenoxy) is 2. The molecule has 0 aromatic carbocycles. The van der Waals surface area contributed by atoms with Crippen molar-refractivity contribution in [1.29, 1.82) is 0 Å². The van der Waals surface area contributed by atoms with Gasteiger partial charge in [-0.1, -0.05) is 210 Å². The third-order valence-corrected chi connectivity index (χ3v) is 10.6. The van der Waals surface area contributed by atoms with Crippen LogP contribution in [0.25, 0.3) is 0 Å². The standard InChI is InChI=1S/C51H94O4/c1-3-5-7-9-11-13-15-17-19-21-23-25-27-29-31-33-35-37-39-41-43-45-47-54-49-50(48-52)55-51(53)46-44-42-40-38-36-34-32-30-28-26-24-22-20-18-16-14-12-10-8-6-4-2/h16,18,21-24,28,30,50,52H,3-15,17,19-20,25-27,29,31-49H2,1-2H3/b18-16-,23-21-,24-22-,30-28-. The molecule has 0 saturated heterocycles. The zero-order valence-corrected chi connectivity index (χ0v) is 36.9. The van der Waals surface area contributed by atoms with E-state index in [1.165, 1.54) is 180 Å². The Balaban J connectivity index is 3.44. The topological polar surface area (TPSA) is 55.8 Å². The Bertz CT molecular complexity index is 859. The van der Waals surface area contributed by atoms with Crippen molar-refractivity contribution in [3.8, 4) is 0 Å². The van der Waals surface area contributed by atoms with Crippen LogP contribution in [-0.4, -0.2) is 37.0 Å². The number of carbonyl (C=O) groups excluding carboxylic acids is 1. The Hall–Kier alpha value is -1.65. The van der Waals surface area contributed by atoms with Crippen molar-refractivity contribution in [3.63, 3.8) is 0 Å². The smallest absolute Gasteiger partial charge is 0.306 e. The molecule has 1 unspecified atom stereocenters. The van der Waals surface area contributed by atoms with E-state index < -0.39 is 6.10 Å². The predicted octanol–water partition coefficient (Wildman–Crippen LogP) is 16.2. The second-order valence-corrected chi connectivity index (χ2v) is 16.2. The fourth-order valence-corrected chi connectivity index (χ4v) is 6.98. The van der Waals surface area contributed by atoms with Crippen LogP contribution in [0.4, 0.5) is 0 Å². The lowest BCUT2D eigenvalue weighted by Crippen LogP contribution is -2.27. The first-order chi connectivity index (χ1) is 27.2. The van der Waals surface area contributed by atoms with E-state index in [9.17, 15) is 9.90 Å². The van der Waals surface area contributed by atoms with Crippen molar-refractivity contribution in [3.05, 3.63) is 48.6 Å². The highest BCUT2D eigenvalue weighted by molar-refractivity contribution is 5.69. The molecule has 0 heterocycles. The molecule has 0 aliphatic rings. The summed E-state index contributed by atoms with van der Waals surface area (Å²) in [5.41, 5.74) is 0. The Labute approximate surface area is 343 Å². The highest BCUT2D eigenvalue weighted by atomic mass is 16.6. The van der Waals surface area contributed by atoms with Gasteiger partial charge in [0, 0.05) is 13.0 Å². The van der Waals surface area contributed by atoms with E-state index in [1.54, 1.807) is 0 Å².